The molecule has 0 aliphatic carbocycles. The van der Waals surface area contributed by atoms with Crippen LogP contribution in [0.25, 0.3) is 0 Å². The van der Waals surface area contributed by atoms with E-state index in [-0.39, 0.29) is 6.01 Å². The molecule has 0 spiro atoms. The van der Waals surface area contributed by atoms with Crippen LogP contribution in [0.15, 0.2) is 18.2 Å². The van der Waals surface area contributed by atoms with E-state index in [0.29, 0.717) is 29.2 Å². The number of hydrogen-bond donors (Lipinski definition) is 1. The van der Waals surface area contributed by atoms with E-state index >= 15 is 0 Å². The van der Waals surface area contributed by atoms with Gasteiger partial charge in [0, 0.05) is 20.6 Å². The van der Waals surface area contributed by atoms with Crippen LogP contribution in [-0.2, 0) is 0 Å². The number of nitrogens with zero attached hydrogens (tertiary/aromatic N) is 4. The minimum atomic E-state index is 0.204. The van der Waals surface area contributed by atoms with Gasteiger partial charge in [-0.3, -0.25) is 0 Å². The molecule has 0 fully saturated rings. The van der Waals surface area contributed by atoms with Gasteiger partial charge in [-0.05, 0) is 31.5 Å². The number of anilines is 2. The third kappa shape index (κ3) is 3.95. The van der Waals surface area contributed by atoms with E-state index in [1.54, 1.807) is 11.0 Å². The van der Waals surface area contributed by atoms with Crippen LogP contribution in [0.2, 0.25) is 5.02 Å². The normalized spacial score (nSPS) is 10.3. The van der Waals surface area contributed by atoms with Crippen LogP contribution in [0.3, 0.4) is 0 Å². The second kappa shape index (κ2) is 6.58. The van der Waals surface area contributed by atoms with Gasteiger partial charge in [-0.15, -0.1) is 0 Å². The summed E-state index contributed by atoms with van der Waals surface area (Å²) in [5, 5.41) is 3.57. The molecule has 0 unspecified atom stereocenters. The molecule has 0 saturated carbocycles. The molecule has 0 bridgehead atoms. The highest BCUT2D eigenvalue weighted by atomic mass is 35.5. The van der Waals surface area contributed by atoms with Crippen molar-refractivity contribution in [3.05, 3.63) is 28.8 Å². The van der Waals surface area contributed by atoms with Crippen molar-refractivity contribution in [2.24, 2.45) is 0 Å². The first-order chi connectivity index (χ1) is 9.99. The molecule has 112 valence electrons. The minimum absolute atomic E-state index is 0.204. The Balaban J connectivity index is 2.33. The van der Waals surface area contributed by atoms with Crippen molar-refractivity contribution >= 4 is 23.5 Å². The van der Waals surface area contributed by atoms with E-state index < -0.39 is 0 Å². The summed E-state index contributed by atoms with van der Waals surface area (Å²) in [5.41, 5.74) is 1.06. The van der Waals surface area contributed by atoms with Crippen LogP contribution in [0.4, 0.5) is 11.9 Å². The van der Waals surface area contributed by atoms with Crippen LogP contribution < -0.4 is 15.0 Å². The average Bonchev–Trinajstić information content (AvgIpc) is 2.42. The summed E-state index contributed by atoms with van der Waals surface area (Å²) in [6.45, 7) is 4.64. The zero-order valence-electron chi connectivity index (χ0n) is 12.5. The van der Waals surface area contributed by atoms with E-state index in [4.69, 9.17) is 16.3 Å². The van der Waals surface area contributed by atoms with E-state index in [1.807, 2.05) is 40.1 Å². The van der Waals surface area contributed by atoms with Crippen LogP contribution in [0.1, 0.15) is 12.5 Å². The van der Waals surface area contributed by atoms with Crippen LogP contribution in [-0.4, -0.2) is 35.6 Å². The lowest BCUT2D eigenvalue weighted by molar-refractivity contribution is 0.440. The van der Waals surface area contributed by atoms with Gasteiger partial charge in [0.1, 0.15) is 5.75 Å². The first-order valence-electron chi connectivity index (χ1n) is 6.61. The molecule has 0 amide bonds. The summed E-state index contributed by atoms with van der Waals surface area (Å²) in [6, 6.07) is 5.75. The Morgan fingerprint density at radius 2 is 2.00 bits per heavy atom. The van der Waals surface area contributed by atoms with Crippen molar-refractivity contribution in [2.45, 2.75) is 13.8 Å². The van der Waals surface area contributed by atoms with Gasteiger partial charge in [0.05, 0.1) is 5.02 Å². The van der Waals surface area contributed by atoms with E-state index in [9.17, 15) is 0 Å². The van der Waals surface area contributed by atoms with Gasteiger partial charge < -0.3 is 15.0 Å². The molecule has 21 heavy (non-hydrogen) atoms. The summed E-state index contributed by atoms with van der Waals surface area (Å²) in [4.78, 5) is 14.5. The topological polar surface area (TPSA) is 63.2 Å². The Morgan fingerprint density at radius 1 is 1.24 bits per heavy atom. The molecule has 1 aromatic heterocycles. The Labute approximate surface area is 129 Å². The molecule has 0 saturated heterocycles. The van der Waals surface area contributed by atoms with Crippen molar-refractivity contribution in [2.75, 3.05) is 30.9 Å². The number of benzene rings is 1. The molecule has 0 aliphatic heterocycles. The molecule has 0 radical (unpaired) electrons. The predicted octanol–water partition coefficient (Wildman–Crippen LogP) is 3.12. The van der Waals surface area contributed by atoms with Gasteiger partial charge in [0.25, 0.3) is 0 Å². The van der Waals surface area contributed by atoms with E-state index in [2.05, 4.69) is 20.3 Å². The lowest BCUT2D eigenvalue weighted by atomic mass is 10.2. The molecule has 1 aromatic carbocycles. The highest BCUT2D eigenvalue weighted by Gasteiger charge is 2.11. The molecular formula is C14H18ClN5O. The molecule has 0 atom stereocenters. The van der Waals surface area contributed by atoms with Gasteiger partial charge in [-0.1, -0.05) is 17.7 Å². The zero-order valence-corrected chi connectivity index (χ0v) is 13.3. The summed E-state index contributed by atoms with van der Waals surface area (Å²) in [6.07, 6.45) is 0. The third-order valence-corrected chi connectivity index (χ3v) is 2.92. The number of rotatable bonds is 5. The fourth-order valence-corrected chi connectivity index (χ4v) is 1.89. The van der Waals surface area contributed by atoms with Crippen molar-refractivity contribution in [1.29, 1.82) is 0 Å². The van der Waals surface area contributed by atoms with Gasteiger partial charge in [-0.2, -0.15) is 15.0 Å². The van der Waals surface area contributed by atoms with Gasteiger partial charge in [-0.25, -0.2) is 0 Å². The van der Waals surface area contributed by atoms with Crippen LogP contribution >= 0.6 is 11.6 Å². The number of nitrogens with one attached hydrogen (secondary N) is 1. The molecule has 1 N–H and O–H groups in total. The number of aromatic nitrogens is 3. The molecule has 2 rings (SSSR count). The molecule has 6 nitrogen and oxygen atoms in total. The van der Waals surface area contributed by atoms with Gasteiger partial charge >= 0.3 is 6.01 Å². The second-order valence-corrected chi connectivity index (χ2v) is 5.11. The molecular weight excluding hydrogens is 290 g/mol. The van der Waals surface area contributed by atoms with Gasteiger partial charge in [0.2, 0.25) is 11.9 Å². The summed E-state index contributed by atoms with van der Waals surface area (Å²) in [7, 11) is 3.71. The zero-order chi connectivity index (χ0) is 15.4. The Morgan fingerprint density at radius 3 is 2.62 bits per heavy atom. The predicted molar refractivity (Wildman–Crippen MR) is 84.6 cm³/mol. The first-order valence-corrected chi connectivity index (χ1v) is 6.98. The summed E-state index contributed by atoms with van der Waals surface area (Å²) in [5.74, 6) is 1.49. The quantitative estimate of drug-likeness (QED) is 0.915. The van der Waals surface area contributed by atoms with E-state index in [0.717, 1.165) is 5.56 Å². The average molecular weight is 308 g/mol. The largest absolute Gasteiger partial charge is 0.423 e. The van der Waals surface area contributed by atoms with Crippen LogP contribution in [0.5, 0.6) is 11.8 Å². The Hall–Kier alpha value is -2.08. The highest BCUT2D eigenvalue weighted by molar-refractivity contribution is 6.32. The van der Waals surface area contributed by atoms with Crippen molar-refractivity contribution < 1.29 is 4.74 Å². The fourth-order valence-electron chi connectivity index (χ4n) is 1.62. The lowest BCUT2D eigenvalue weighted by Gasteiger charge is -2.13. The number of ether oxygens (including phenoxy) is 1. The van der Waals surface area contributed by atoms with Crippen LogP contribution in [0, 0.1) is 6.92 Å². The SMILES string of the molecule is CCNc1nc(Oc2ccc(C)cc2Cl)nc(N(C)C)n1. The summed E-state index contributed by atoms with van der Waals surface area (Å²) < 4.78 is 5.68. The lowest BCUT2D eigenvalue weighted by Crippen LogP contribution is -2.15. The number of hydrogen-bond acceptors (Lipinski definition) is 6. The molecule has 2 aromatic rings. The maximum atomic E-state index is 6.16. The minimum Gasteiger partial charge on any atom is -0.423 e. The monoisotopic (exact) mass is 307 g/mol. The third-order valence-electron chi connectivity index (χ3n) is 2.63. The van der Waals surface area contributed by atoms with Crippen molar-refractivity contribution in [3.63, 3.8) is 0 Å². The number of halogens is 1. The molecule has 1 heterocycles. The molecule has 0 aliphatic rings. The van der Waals surface area contributed by atoms with Crippen molar-refractivity contribution in [3.8, 4) is 11.8 Å². The second-order valence-electron chi connectivity index (χ2n) is 4.70. The van der Waals surface area contributed by atoms with E-state index in [1.165, 1.54) is 0 Å². The Bertz CT molecular complexity index is 633. The fraction of sp³-hybridized carbons (Fsp3) is 0.357. The Kier molecular flexibility index (Phi) is 4.80. The van der Waals surface area contributed by atoms with Gasteiger partial charge in [0.15, 0.2) is 0 Å². The van der Waals surface area contributed by atoms with Crippen molar-refractivity contribution in [1.82, 2.24) is 15.0 Å². The maximum Gasteiger partial charge on any atom is 0.328 e. The summed E-state index contributed by atoms with van der Waals surface area (Å²) >= 11 is 6.16. The maximum absolute atomic E-state index is 6.16. The standard InChI is InChI=1S/C14H18ClN5O/c1-5-16-12-17-13(20(3)4)19-14(18-12)21-11-7-6-9(2)8-10(11)15/h6-8H,5H2,1-4H3,(H,16,17,18,19). The number of aryl methyl sites for hydroxylation is 1. The smallest absolute Gasteiger partial charge is 0.328 e. The highest BCUT2D eigenvalue weighted by Crippen LogP contribution is 2.29. The molecule has 7 heteroatoms. The first kappa shape index (κ1) is 15.3.